The predicted octanol–water partition coefficient (Wildman–Crippen LogP) is 4.40. The molecule has 0 N–H and O–H groups in total. The van der Waals surface area contributed by atoms with E-state index in [1.807, 2.05) is 43.5 Å². The van der Waals surface area contributed by atoms with Gasteiger partial charge in [0.2, 0.25) is 5.78 Å². The molecule has 0 amide bonds. The third-order valence-electron chi connectivity index (χ3n) is 5.06. The molecular weight excluding hydrogens is 383 g/mol. The number of anilines is 1. The van der Waals surface area contributed by atoms with Crippen LogP contribution in [0.1, 0.15) is 37.7 Å². The van der Waals surface area contributed by atoms with Crippen LogP contribution in [0.3, 0.4) is 0 Å². The maximum Gasteiger partial charge on any atom is 0.338 e. The van der Waals surface area contributed by atoms with E-state index >= 15 is 0 Å². The fraction of sp³-hybridized carbons (Fsp3) is 0.250. The van der Waals surface area contributed by atoms with Crippen molar-refractivity contribution in [3.63, 3.8) is 0 Å². The van der Waals surface area contributed by atoms with Gasteiger partial charge in [-0.05, 0) is 55.8 Å². The van der Waals surface area contributed by atoms with Gasteiger partial charge in [0.05, 0.1) is 5.56 Å². The Labute approximate surface area is 175 Å². The third-order valence-corrected chi connectivity index (χ3v) is 5.06. The first-order valence-electron chi connectivity index (χ1n) is 9.65. The molecule has 30 heavy (non-hydrogen) atoms. The van der Waals surface area contributed by atoms with Gasteiger partial charge in [0.25, 0.3) is 0 Å². The second kappa shape index (κ2) is 8.95. The monoisotopic (exact) mass is 408 g/mol. The molecule has 3 rings (SSSR count). The van der Waals surface area contributed by atoms with Gasteiger partial charge in [-0.3, -0.25) is 4.79 Å². The van der Waals surface area contributed by atoms with Crippen LogP contribution in [-0.4, -0.2) is 37.0 Å². The number of benzene rings is 2. The van der Waals surface area contributed by atoms with Gasteiger partial charge in [-0.25, -0.2) is 9.18 Å². The minimum absolute atomic E-state index is 0.259. The molecule has 1 heterocycles. The van der Waals surface area contributed by atoms with Crippen LogP contribution in [0, 0.1) is 19.7 Å². The van der Waals surface area contributed by atoms with Gasteiger partial charge in [-0.15, -0.1) is 0 Å². The Balaban J connectivity index is 1.69. The molecular formula is C24H25FN2O3. The van der Waals surface area contributed by atoms with Crippen LogP contribution < -0.4 is 4.90 Å². The lowest BCUT2D eigenvalue weighted by Gasteiger charge is -2.13. The molecule has 5 nitrogen and oxygen atoms in total. The quantitative estimate of drug-likeness (QED) is 0.430. The molecule has 0 aliphatic carbocycles. The van der Waals surface area contributed by atoms with Crippen molar-refractivity contribution in [2.24, 2.45) is 0 Å². The normalized spacial score (nSPS) is 10.7. The molecule has 0 saturated carbocycles. The zero-order chi connectivity index (χ0) is 21.8. The molecule has 0 spiro atoms. The number of ether oxygens (including phenoxy) is 1. The average Bonchev–Trinajstić information content (AvgIpc) is 3.01. The highest BCUT2D eigenvalue weighted by molar-refractivity contribution is 6.00. The van der Waals surface area contributed by atoms with Gasteiger partial charge in [0.1, 0.15) is 5.82 Å². The topological polar surface area (TPSA) is 51.5 Å². The van der Waals surface area contributed by atoms with Crippen molar-refractivity contribution in [1.29, 1.82) is 0 Å². The predicted molar refractivity (Wildman–Crippen MR) is 115 cm³/mol. The third kappa shape index (κ3) is 4.76. The summed E-state index contributed by atoms with van der Waals surface area (Å²) in [4.78, 5) is 26.9. The van der Waals surface area contributed by atoms with Crippen LogP contribution >= 0.6 is 0 Å². The van der Waals surface area contributed by atoms with Crippen LogP contribution in [0.15, 0.2) is 54.6 Å². The van der Waals surface area contributed by atoms with Crippen molar-refractivity contribution in [3.05, 3.63) is 88.5 Å². The lowest BCUT2D eigenvalue weighted by molar-refractivity contribution is 0.0474. The molecule has 1 aromatic heterocycles. The molecule has 0 bridgehead atoms. The van der Waals surface area contributed by atoms with E-state index in [9.17, 15) is 14.0 Å². The number of ketones is 1. The highest BCUT2D eigenvalue weighted by atomic mass is 19.1. The number of aryl methyl sites for hydroxylation is 1. The molecule has 0 saturated heterocycles. The van der Waals surface area contributed by atoms with E-state index in [2.05, 4.69) is 0 Å². The molecule has 3 aromatic rings. The number of esters is 1. The van der Waals surface area contributed by atoms with Crippen molar-refractivity contribution in [3.8, 4) is 0 Å². The number of carbonyl (C=O) groups is 2. The number of halogens is 1. The number of carbonyl (C=O) groups excluding carboxylic acids is 2. The minimum atomic E-state index is -0.535. The minimum Gasteiger partial charge on any atom is -0.454 e. The van der Waals surface area contributed by atoms with Crippen LogP contribution in [0.5, 0.6) is 0 Å². The molecule has 0 atom stereocenters. The summed E-state index contributed by atoms with van der Waals surface area (Å²) < 4.78 is 20.4. The second-order valence-corrected chi connectivity index (χ2v) is 7.44. The van der Waals surface area contributed by atoms with Gasteiger partial charge in [-0.2, -0.15) is 0 Å². The fourth-order valence-electron chi connectivity index (χ4n) is 3.30. The van der Waals surface area contributed by atoms with Crippen molar-refractivity contribution in [2.75, 3.05) is 25.6 Å². The van der Waals surface area contributed by atoms with E-state index < -0.39 is 5.97 Å². The number of nitrogens with zero attached hydrogens (tertiary/aromatic N) is 2. The second-order valence-electron chi connectivity index (χ2n) is 7.44. The highest BCUT2D eigenvalue weighted by Gasteiger charge is 2.18. The molecule has 0 aliphatic heterocycles. The van der Waals surface area contributed by atoms with Crippen molar-refractivity contribution in [1.82, 2.24) is 4.57 Å². The van der Waals surface area contributed by atoms with E-state index in [1.54, 1.807) is 36.4 Å². The molecule has 0 radical (unpaired) electrons. The summed E-state index contributed by atoms with van der Waals surface area (Å²) in [6.45, 7) is 3.96. The van der Waals surface area contributed by atoms with Crippen LogP contribution in [0.25, 0.3) is 0 Å². The molecule has 0 fully saturated rings. The van der Waals surface area contributed by atoms with Crippen molar-refractivity contribution < 1.29 is 18.7 Å². The maximum atomic E-state index is 13.1. The Hall–Kier alpha value is -3.41. The molecule has 2 aromatic carbocycles. The van der Waals surface area contributed by atoms with Gasteiger partial charge < -0.3 is 14.2 Å². The zero-order valence-electron chi connectivity index (χ0n) is 17.6. The molecule has 0 unspecified atom stereocenters. The van der Waals surface area contributed by atoms with Crippen molar-refractivity contribution >= 4 is 17.4 Å². The lowest BCUT2D eigenvalue weighted by Crippen LogP contribution is -2.16. The van der Waals surface area contributed by atoms with Crippen molar-refractivity contribution in [2.45, 2.75) is 20.4 Å². The van der Waals surface area contributed by atoms with Crippen LogP contribution in [-0.2, 0) is 11.3 Å². The zero-order valence-corrected chi connectivity index (χ0v) is 17.6. The average molecular weight is 408 g/mol. The fourth-order valence-corrected chi connectivity index (χ4v) is 3.30. The SMILES string of the molecule is Cc1cc(C(=O)COC(=O)c2cccc(N(C)C)c2)c(C)n1Cc1ccc(F)cc1. The Morgan fingerprint density at radius 3 is 2.40 bits per heavy atom. The Morgan fingerprint density at radius 2 is 1.73 bits per heavy atom. The summed E-state index contributed by atoms with van der Waals surface area (Å²) in [7, 11) is 3.77. The lowest BCUT2D eigenvalue weighted by atomic mass is 10.1. The Bertz CT molecular complexity index is 1070. The molecule has 156 valence electrons. The molecule has 6 heteroatoms. The number of aromatic nitrogens is 1. The summed E-state index contributed by atoms with van der Waals surface area (Å²) in [5, 5.41) is 0. The summed E-state index contributed by atoms with van der Waals surface area (Å²) in [6.07, 6.45) is 0. The number of hydrogen-bond acceptors (Lipinski definition) is 4. The number of rotatable bonds is 7. The summed E-state index contributed by atoms with van der Waals surface area (Å²) in [6, 6.07) is 15.1. The van der Waals surface area contributed by atoms with E-state index in [-0.39, 0.29) is 18.2 Å². The smallest absolute Gasteiger partial charge is 0.338 e. The van der Waals surface area contributed by atoms with Crippen LogP contribution in [0.4, 0.5) is 10.1 Å². The number of Topliss-reactive ketones (excluding diaryl/α,β-unsaturated/α-hetero) is 1. The summed E-state index contributed by atoms with van der Waals surface area (Å²) in [5.41, 5.74) is 4.42. The summed E-state index contributed by atoms with van der Waals surface area (Å²) >= 11 is 0. The summed E-state index contributed by atoms with van der Waals surface area (Å²) in [5.74, 6) is -1.08. The highest BCUT2D eigenvalue weighted by Crippen LogP contribution is 2.19. The van der Waals surface area contributed by atoms with Gasteiger partial charge in [0.15, 0.2) is 6.61 Å². The first kappa shape index (κ1) is 21.3. The first-order chi connectivity index (χ1) is 14.3. The maximum absolute atomic E-state index is 13.1. The Morgan fingerprint density at radius 1 is 1.03 bits per heavy atom. The van der Waals surface area contributed by atoms with Crippen LogP contribution in [0.2, 0.25) is 0 Å². The molecule has 0 aliphatic rings. The van der Waals surface area contributed by atoms with Gasteiger partial charge >= 0.3 is 5.97 Å². The van der Waals surface area contributed by atoms with Gasteiger partial charge in [-0.1, -0.05) is 18.2 Å². The largest absolute Gasteiger partial charge is 0.454 e. The van der Waals surface area contributed by atoms with E-state index in [4.69, 9.17) is 4.74 Å². The standard InChI is InChI=1S/C24H25FN2O3/c1-16-12-22(17(2)27(16)14-18-8-10-20(25)11-9-18)23(28)15-30-24(29)19-6-5-7-21(13-19)26(3)4/h5-13H,14-15H2,1-4H3. The van der Waals surface area contributed by atoms with E-state index in [0.29, 0.717) is 17.7 Å². The van der Waals surface area contributed by atoms with Gasteiger partial charge in [0, 0.05) is 43.3 Å². The van der Waals surface area contributed by atoms with E-state index in [1.165, 1.54) is 12.1 Å². The number of hydrogen-bond donors (Lipinski definition) is 0. The van der Waals surface area contributed by atoms with E-state index in [0.717, 1.165) is 22.6 Å². The Kier molecular flexibility index (Phi) is 6.35. The first-order valence-corrected chi connectivity index (χ1v) is 9.65.